The van der Waals surface area contributed by atoms with Crippen molar-refractivity contribution in [2.75, 3.05) is 0 Å². The third kappa shape index (κ3) is 2.28. The normalized spacial score (nSPS) is 10.7. The molecule has 1 aromatic carbocycles. The average Bonchev–Trinajstić information content (AvgIpc) is 2.97. The maximum atomic E-state index is 11.9. The molecule has 0 radical (unpaired) electrons. The summed E-state index contributed by atoms with van der Waals surface area (Å²) in [5.74, 6) is -0.361. The lowest BCUT2D eigenvalue weighted by atomic mass is 10.2. The minimum atomic E-state index is -0.655. The first-order valence-electron chi connectivity index (χ1n) is 5.52. The maximum absolute atomic E-state index is 11.9. The number of halogens is 2. The van der Waals surface area contributed by atoms with Crippen LogP contribution in [0.15, 0.2) is 45.7 Å². The van der Waals surface area contributed by atoms with Gasteiger partial charge in [0.2, 0.25) is 5.76 Å². The summed E-state index contributed by atoms with van der Waals surface area (Å²) in [7, 11) is 0. The first kappa shape index (κ1) is 13.1. The van der Waals surface area contributed by atoms with Crippen LogP contribution in [0.4, 0.5) is 0 Å². The molecule has 7 heteroatoms. The van der Waals surface area contributed by atoms with Crippen molar-refractivity contribution in [1.29, 1.82) is 0 Å². The molecule has 0 spiro atoms. The molecule has 100 valence electrons. The third-order valence-electron chi connectivity index (χ3n) is 2.58. The smallest absolute Gasteiger partial charge is 0.382 e. The van der Waals surface area contributed by atoms with Crippen LogP contribution < -0.4 is 4.74 Å². The Kier molecular flexibility index (Phi) is 3.42. The number of benzene rings is 1. The standard InChI is InChI=1S/C13H6BrClN2O3/c14-8-6-9(15)7-2-1-4-16-11(7)12(8)19-13(18)10-3-5-17-20-10/h1-6H. The van der Waals surface area contributed by atoms with Gasteiger partial charge in [-0.3, -0.25) is 4.98 Å². The first-order valence-corrected chi connectivity index (χ1v) is 6.69. The van der Waals surface area contributed by atoms with Crippen LogP contribution in [0, 0.1) is 0 Å². The van der Waals surface area contributed by atoms with Crippen molar-refractivity contribution in [3.8, 4) is 5.75 Å². The number of rotatable bonds is 2. The van der Waals surface area contributed by atoms with E-state index in [4.69, 9.17) is 20.9 Å². The Morgan fingerprint density at radius 1 is 1.35 bits per heavy atom. The Balaban J connectivity index is 2.10. The van der Waals surface area contributed by atoms with E-state index >= 15 is 0 Å². The van der Waals surface area contributed by atoms with E-state index in [-0.39, 0.29) is 11.5 Å². The second kappa shape index (κ2) is 5.22. The summed E-state index contributed by atoms with van der Waals surface area (Å²) in [6.07, 6.45) is 2.96. The van der Waals surface area contributed by atoms with Crippen molar-refractivity contribution in [2.45, 2.75) is 0 Å². The molecule has 0 saturated carbocycles. The Hall–Kier alpha value is -1.92. The number of hydrogen-bond donors (Lipinski definition) is 0. The fraction of sp³-hybridized carbons (Fsp3) is 0. The van der Waals surface area contributed by atoms with Gasteiger partial charge in [-0.15, -0.1) is 0 Å². The number of nitrogens with zero attached hydrogens (tertiary/aromatic N) is 2. The molecule has 0 aliphatic heterocycles. The fourth-order valence-electron chi connectivity index (χ4n) is 1.71. The SMILES string of the molecule is O=C(Oc1c(Br)cc(Cl)c2cccnc12)c1ccno1. The third-order valence-corrected chi connectivity index (χ3v) is 3.49. The minimum absolute atomic E-state index is 0.0101. The largest absolute Gasteiger partial charge is 0.417 e. The molecule has 2 aromatic heterocycles. The lowest BCUT2D eigenvalue weighted by Crippen LogP contribution is -2.08. The van der Waals surface area contributed by atoms with Crippen LogP contribution in [-0.4, -0.2) is 16.1 Å². The van der Waals surface area contributed by atoms with E-state index in [2.05, 4.69) is 26.1 Å². The number of fused-ring (bicyclic) bond motifs is 1. The van der Waals surface area contributed by atoms with E-state index in [0.717, 1.165) is 0 Å². The number of carbonyl (C=O) groups is 1. The van der Waals surface area contributed by atoms with Crippen LogP contribution in [0.1, 0.15) is 10.6 Å². The highest BCUT2D eigenvalue weighted by atomic mass is 79.9. The van der Waals surface area contributed by atoms with Gasteiger partial charge in [-0.05, 0) is 34.1 Å². The summed E-state index contributed by atoms with van der Waals surface area (Å²) in [5.41, 5.74) is 0.486. The van der Waals surface area contributed by atoms with Gasteiger partial charge < -0.3 is 9.26 Å². The van der Waals surface area contributed by atoms with E-state index in [0.29, 0.717) is 20.4 Å². The molecule has 0 aliphatic carbocycles. The Bertz CT molecular complexity index is 790. The number of aromatic nitrogens is 2. The second-order valence-corrected chi connectivity index (χ2v) is 5.10. The predicted molar refractivity (Wildman–Crippen MR) is 75.9 cm³/mol. The number of hydrogen-bond acceptors (Lipinski definition) is 5. The quantitative estimate of drug-likeness (QED) is 0.517. The van der Waals surface area contributed by atoms with Crippen molar-refractivity contribution in [2.24, 2.45) is 0 Å². The van der Waals surface area contributed by atoms with Gasteiger partial charge in [-0.25, -0.2) is 4.79 Å². The molecule has 0 amide bonds. The van der Waals surface area contributed by atoms with Crippen molar-refractivity contribution in [1.82, 2.24) is 10.1 Å². The molecule has 0 bridgehead atoms. The number of esters is 1. The van der Waals surface area contributed by atoms with Crippen LogP contribution in [0.2, 0.25) is 5.02 Å². The molecule has 3 aromatic rings. The molecule has 0 atom stereocenters. The summed E-state index contributed by atoms with van der Waals surface area (Å²) >= 11 is 9.44. The average molecular weight is 354 g/mol. The fourth-order valence-corrected chi connectivity index (χ4v) is 2.60. The van der Waals surface area contributed by atoms with Crippen molar-refractivity contribution in [3.63, 3.8) is 0 Å². The van der Waals surface area contributed by atoms with Gasteiger partial charge in [-0.1, -0.05) is 16.8 Å². The van der Waals surface area contributed by atoms with E-state index in [1.54, 1.807) is 24.4 Å². The van der Waals surface area contributed by atoms with E-state index in [9.17, 15) is 4.79 Å². The highest BCUT2D eigenvalue weighted by molar-refractivity contribution is 9.10. The van der Waals surface area contributed by atoms with Crippen LogP contribution in [0.3, 0.4) is 0 Å². The highest BCUT2D eigenvalue weighted by Gasteiger charge is 2.18. The van der Waals surface area contributed by atoms with E-state index in [1.165, 1.54) is 12.3 Å². The Morgan fingerprint density at radius 2 is 2.20 bits per heavy atom. The molecule has 0 fully saturated rings. The molecule has 0 aliphatic rings. The van der Waals surface area contributed by atoms with Gasteiger partial charge >= 0.3 is 5.97 Å². The molecule has 5 nitrogen and oxygen atoms in total. The molecule has 20 heavy (non-hydrogen) atoms. The topological polar surface area (TPSA) is 65.2 Å². The van der Waals surface area contributed by atoms with E-state index in [1.807, 2.05) is 0 Å². The van der Waals surface area contributed by atoms with Gasteiger partial charge in [-0.2, -0.15) is 0 Å². The zero-order valence-corrected chi connectivity index (χ0v) is 12.2. The van der Waals surface area contributed by atoms with Gasteiger partial charge in [0.05, 0.1) is 15.7 Å². The lowest BCUT2D eigenvalue weighted by Gasteiger charge is -2.09. The van der Waals surface area contributed by atoms with Gasteiger partial charge in [0, 0.05) is 17.6 Å². The molecule has 0 unspecified atom stereocenters. The molecular weight excluding hydrogens is 348 g/mol. The first-order chi connectivity index (χ1) is 9.66. The molecule has 0 N–H and O–H groups in total. The van der Waals surface area contributed by atoms with Gasteiger partial charge in [0.25, 0.3) is 0 Å². The van der Waals surface area contributed by atoms with Crippen LogP contribution in [0.5, 0.6) is 5.75 Å². The minimum Gasteiger partial charge on any atom is -0.417 e. The maximum Gasteiger partial charge on any atom is 0.382 e. The lowest BCUT2D eigenvalue weighted by molar-refractivity contribution is 0.0692. The summed E-state index contributed by atoms with van der Waals surface area (Å²) in [6.45, 7) is 0. The van der Waals surface area contributed by atoms with Crippen molar-refractivity contribution >= 4 is 44.4 Å². The Morgan fingerprint density at radius 3 is 2.95 bits per heavy atom. The summed E-state index contributed by atoms with van der Waals surface area (Å²) < 4.78 is 10.6. The Labute approximate surface area is 126 Å². The van der Waals surface area contributed by atoms with Crippen LogP contribution >= 0.6 is 27.5 Å². The zero-order valence-electron chi connectivity index (χ0n) is 9.84. The second-order valence-electron chi connectivity index (χ2n) is 3.84. The molecule has 2 heterocycles. The summed E-state index contributed by atoms with van der Waals surface area (Å²) in [5, 5.41) is 4.67. The predicted octanol–water partition coefficient (Wildman–Crippen LogP) is 3.86. The van der Waals surface area contributed by atoms with Crippen LogP contribution in [-0.2, 0) is 0 Å². The van der Waals surface area contributed by atoms with E-state index < -0.39 is 5.97 Å². The molecular formula is C13H6BrClN2O3. The monoisotopic (exact) mass is 352 g/mol. The number of carbonyl (C=O) groups excluding carboxylic acids is 1. The summed E-state index contributed by atoms with van der Waals surface area (Å²) in [6, 6.07) is 6.61. The summed E-state index contributed by atoms with van der Waals surface area (Å²) in [4.78, 5) is 16.1. The number of pyridine rings is 1. The van der Waals surface area contributed by atoms with Crippen molar-refractivity contribution < 1.29 is 14.1 Å². The molecule has 0 saturated heterocycles. The number of ether oxygens (including phenoxy) is 1. The molecule has 3 rings (SSSR count). The zero-order chi connectivity index (χ0) is 14.1. The van der Waals surface area contributed by atoms with Gasteiger partial charge in [0.1, 0.15) is 5.52 Å². The van der Waals surface area contributed by atoms with Gasteiger partial charge in [0.15, 0.2) is 5.75 Å². The highest BCUT2D eigenvalue weighted by Crippen LogP contribution is 2.37. The van der Waals surface area contributed by atoms with Crippen LogP contribution in [0.25, 0.3) is 10.9 Å². The van der Waals surface area contributed by atoms with Crippen molar-refractivity contribution in [3.05, 3.63) is 51.9 Å².